The van der Waals surface area contributed by atoms with Gasteiger partial charge in [0.1, 0.15) is 22.9 Å². The zero-order chi connectivity index (χ0) is 17.3. The highest BCUT2D eigenvalue weighted by Crippen LogP contribution is 2.27. The van der Waals surface area contributed by atoms with Crippen molar-refractivity contribution in [2.45, 2.75) is 4.90 Å². The van der Waals surface area contributed by atoms with Crippen molar-refractivity contribution in [3.8, 4) is 0 Å². The van der Waals surface area contributed by atoms with Gasteiger partial charge >= 0.3 is 0 Å². The Morgan fingerprint density at radius 1 is 1.12 bits per heavy atom. The van der Waals surface area contributed by atoms with Crippen molar-refractivity contribution in [1.82, 2.24) is 4.98 Å². The summed E-state index contributed by atoms with van der Waals surface area (Å²) in [6.07, 6.45) is 0. The molecule has 124 valence electrons. The Morgan fingerprint density at radius 3 is 2.50 bits per heavy atom. The van der Waals surface area contributed by atoms with Crippen LogP contribution in [0.4, 0.5) is 13.9 Å². The zero-order valence-corrected chi connectivity index (χ0v) is 13.6. The van der Waals surface area contributed by atoms with Gasteiger partial charge in [0.25, 0.3) is 0 Å². The van der Waals surface area contributed by atoms with Gasteiger partial charge in [0, 0.05) is 0 Å². The first-order valence-corrected chi connectivity index (χ1v) is 9.15. The van der Waals surface area contributed by atoms with Gasteiger partial charge in [-0.3, -0.25) is 4.79 Å². The molecule has 24 heavy (non-hydrogen) atoms. The molecule has 0 radical (unpaired) electrons. The van der Waals surface area contributed by atoms with E-state index in [2.05, 4.69) is 10.3 Å². The van der Waals surface area contributed by atoms with Gasteiger partial charge in [0.15, 0.2) is 15.0 Å². The van der Waals surface area contributed by atoms with Crippen LogP contribution in [0.15, 0.2) is 47.4 Å². The number of nitrogens with zero attached hydrogens (tertiary/aromatic N) is 1. The van der Waals surface area contributed by atoms with Crippen molar-refractivity contribution in [3.05, 3.63) is 54.1 Å². The van der Waals surface area contributed by atoms with Crippen molar-refractivity contribution in [2.75, 3.05) is 11.1 Å². The number of thiazole rings is 1. The van der Waals surface area contributed by atoms with E-state index in [1.807, 2.05) is 0 Å². The SMILES string of the molecule is O=C(CS(=O)(=O)c1ccc(F)cc1)Nc1nc2c(F)cccc2s1. The fourth-order valence-electron chi connectivity index (χ4n) is 2.02. The molecule has 0 aliphatic heterocycles. The summed E-state index contributed by atoms with van der Waals surface area (Å²) >= 11 is 1.04. The average Bonchev–Trinajstić information content (AvgIpc) is 2.90. The predicted octanol–water partition coefficient (Wildman–Crippen LogP) is 2.99. The maximum Gasteiger partial charge on any atom is 0.241 e. The molecule has 1 amide bonds. The van der Waals surface area contributed by atoms with Crippen molar-refractivity contribution in [3.63, 3.8) is 0 Å². The van der Waals surface area contributed by atoms with Gasteiger partial charge in [-0.15, -0.1) is 0 Å². The number of carbonyl (C=O) groups excluding carboxylic acids is 1. The van der Waals surface area contributed by atoms with Crippen LogP contribution >= 0.6 is 11.3 Å². The van der Waals surface area contributed by atoms with E-state index in [4.69, 9.17) is 0 Å². The van der Waals surface area contributed by atoms with E-state index in [9.17, 15) is 22.0 Å². The van der Waals surface area contributed by atoms with E-state index in [-0.39, 0.29) is 15.5 Å². The summed E-state index contributed by atoms with van der Waals surface area (Å²) in [6.45, 7) is 0. The fraction of sp³-hybridized carbons (Fsp3) is 0.0667. The summed E-state index contributed by atoms with van der Waals surface area (Å²) in [5.41, 5.74) is 0.110. The van der Waals surface area contributed by atoms with Gasteiger partial charge in [-0.1, -0.05) is 17.4 Å². The van der Waals surface area contributed by atoms with Crippen LogP contribution in [0.3, 0.4) is 0 Å². The molecule has 0 saturated carbocycles. The third kappa shape index (κ3) is 3.41. The van der Waals surface area contributed by atoms with Crippen LogP contribution in [0.5, 0.6) is 0 Å². The van der Waals surface area contributed by atoms with Gasteiger partial charge in [0.05, 0.1) is 9.60 Å². The lowest BCUT2D eigenvalue weighted by molar-refractivity contribution is -0.113. The number of fused-ring (bicyclic) bond motifs is 1. The second-order valence-electron chi connectivity index (χ2n) is 4.87. The second-order valence-corrected chi connectivity index (χ2v) is 7.89. The first kappa shape index (κ1) is 16.5. The number of hydrogen-bond donors (Lipinski definition) is 1. The molecule has 0 spiro atoms. The van der Waals surface area contributed by atoms with Crippen LogP contribution in [-0.2, 0) is 14.6 Å². The predicted molar refractivity (Wildman–Crippen MR) is 86.7 cm³/mol. The molecule has 0 atom stereocenters. The number of carbonyl (C=O) groups is 1. The van der Waals surface area contributed by atoms with Crippen LogP contribution in [-0.4, -0.2) is 25.1 Å². The molecule has 2 aromatic carbocycles. The van der Waals surface area contributed by atoms with Gasteiger partial charge in [-0.05, 0) is 36.4 Å². The first-order chi connectivity index (χ1) is 11.3. The molecular weight excluding hydrogens is 358 g/mol. The average molecular weight is 368 g/mol. The lowest BCUT2D eigenvalue weighted by Crippen LogP contribution is -2.22. The second kappa shape index (κ2) is 6.25. The third-order valence-electron chi connectivity index (χ3n) is 3.11. The first-order valence-electron chi connectivity index (χ1n) is 6.68. The summed E-state index contributed by atoms with van der Waals surface area (Å²) in [4.78, 5) is 15.7. The molecule has 1 heterocycles. The Morgan fingerprint density at radius 2 is 1.83 bits per heavy atom. The number of sulfone groups is 1. The Balaban J connectivity index is 1.77. The van der Waals surface area contributed by atoms with Crippen LogP contribution in [0, 0.1) is 11.6 Å². The van der Waals surface area contributed by atoms with Gasteiger partial charge in [-0.2, -0.15) is 0 Å². The van der Waals surface area contributed by atoms with Crippen LogP contribution < -0.4 is 5.32 Å². The highest BCUT2D eigenvalue weighted by atomic mass is 32.2. The molecule has 5 nitrogen and oxygen atoms in total. The van der Waals surface area contributed by atoms with E-state index in [0.29, 0.717) is 4.70 Å². The summed E-state index contributed by atoms with van der Waals surface area (Å²) in [6, 6.07) is 8.58. The van der Waals surface area contributed by atoms with Crippen molar-refractivity contribution >= 4 is 42.4 Å². The lowest BCUT2D eigenvalue weighted by atomic mass is 10.3. The van der Waals surface area contributed by atoms with Gasteiger partial charge in [-0.25, -0.2) is 22.2 Å². The molecular formula is C15H10F2N2O3S2. The molecule has 0 aliphatic carbocycles. The fourth-order valence-corrected chi connectivity index (χ4v) is 4.05. The van der Waals surface area contributed by atoms with Gasteiger partial charge in [0.2, 0.25) is 5.91 Å². The van der Waals surface area contributed by atoms with Gasteiger partial charge < -0.3 is 5.32 Å². The Hall–Kier alpha value is -2.39. The number of rotatable bonds is 4. The molecule has 0 fully saturated rings. The third-order valence-corrected chi connectivity index (χ3v) is 5.68. The molecule has 0 unspecified atom stereocenters. The molecule has 0 bridgehead atoms. The molecule has 0 aliphatic rings. The Bertz CT molecular complexity index is 1010. The summed E-state index contributed by atoms with van der Waals surface area (Å²) < 4.78 is 51.2. The Kier molecular flexibility index (Phi) is 4.29. The van der Waals surface area contributed by atoms with Crippen molar-refractivity contribution in [2.24, 2.45) is 0 Å². The quantitative estimate of drug-likeness (QED) is 0.719. The summed E-state index contributed by atoms with van der Waals surface area (Å²) in [5, 5.41) is 2.45. The monoisotopic (exact) mass is 368 g/mol. The van der Waals surface area contributed by atoms with E-state index < -0.39 is 33.1 Å². The zero-order valence-electron chi connectivity index (χ0n) is 12.0. The Labute approximate surface area is 139 Å². The molecule has 1 aromatic heterocycles. The molecule has 3 aromatic rings. The number of para-hydroxylation sites is 1. The minimum Gasteiger partial charge on any atom is -0.301 e. The number of aromatic nitrogens is 1. The maximum absolute atomic E-state index is 13.6. The normalized spacial score (nSPS) is 11.6. The number of nitrogens with one attached hydrogen (secondary N) is 1. The number of benzene rings is 2. The van der Waals surface area contributed by atoms with Crippen LogP contribution in [0.1, 0.15) is 0 Å². The largest absolute Gasteiger partial charge is 0.301 e. The minimum atomic E-state index is -3.91. The van der Waals surface area contributed by atoms with E-state index >= 15 is 0 Å². The number of anilines is 1. The standard InChI is InChI=1S/C15H10F2N2O3S2/c16-9-4-6-10(7-5-9)24(21,22)8-13(20)18-15-19-14-11(17)2-1-3-12(14)23-15/h1-7H,8H2,(H,18,19,20). The minimum absolute atomic E-state index is 0.106. The lowest BCUT2D eigenvalue weighted by Gasteiger charge is -2.04. The number of halogens is 2. The van der Waals surface area contributed by atoms with E-state index in [0.717, 1.165) is 35.6 Å². The maximum atomic E-state index is 13.6. The number of hydrogen-bond acceptors (Lipinski definition) is 5. The van der Waals surface area contributed by atoms with Crippen LogP contribution in [0.25, 0.3) is 10.2 Å². The summed E-state index contributed by atoms with van der Waals surface area (Å²) in [7, 11) is -3.91. The van der Waals surface area contributed by atoms with Crippen LogP contribution in [0.2, 0.25) is 0 Å². The summed E-state index contributed by atoms with van der Waals surface area (Å²) in [5.74, 6) is -2.73. The van der Waals surface area contributed by atoms with E-state index in [1.165, 1.54) is 12.1 Å². The topological polar surface area (TPSA) is 76.1 Å². The molecule has 1 N–H and O–H groups in total. The van der Waals surface area contributed by atoms with Crippen molar-refractivity contribution < 1.29 is 22.0 Å². The molecule has 0 saturated heterocycles. The smallest absolute Gasteiger partial charge is 0.241 e. The number of amides is 1. The highest BCUT2D eigenvalue weighted by Gasteiger charge is 2.20. The molecule has 9 heteroatoms. The van der Waals surface area contributed by atoms with E-state index in [1.54, 1.807) is 6.07 Å². The molecule has 3 rings (SSSR count). The van der Waals surface area contributed by atoms with Crippen molar-refractivity contribution in [1.29, 1.82) is 0 Å². The highest BCUT2D eigenvalue weighted by molar-refractivity contribution is 7.92.